The molecule has 2 N–H and O–H groups in total. The number of urea groups is 1. The number of nitrogens with zero attached hydrogens (tertiary/aromatic N) is 1. The van der Waals surface area contributed by atoms with Gasteiger partial charge in [-0.05, 0) is 68.4 Å². The zero-order chi connectivity index (χ0) is 14.4. The number of aromatic nitrogens is 1. The average Bonchev–Trinajstić information content (AvgIpc) is 2.39. The molecular weight excluding hydrogens is 286 g/mol. The maximum Gasteiger partial charge on any atom is 0.320 e. The van der Waals surface area contributed by atoms with E-state index in [-0.39, 0.29) is 11.6 Å². The highest BCUT2D eigenvalue weighted by molar-refractivity contribution is 6.33. The van der Waals surface area contributed by atoms with Crippen LogP contribution in [0.5, 0.6) is 0 Å². The van der Waals surface area contributed by atoms with E-state index in [0.29, 0.717) is 10.8 Å². The summed E-state index contributed by atoms with van der Waals surface area (Å²) in [6.45, 7) is 0. The number of halogens is 1. The molecule has 2 amide bonds. The first kappa shape index (κ1) is 13.4. The first-order valence-electron chi connectivity index (χ1n) is 7.82. The first-order chi connectivity index (χ1) is 10.1. The molecule has 4 bridgehead atoms. The van der Waals surface area contributed by atoms with E-state index < -0.39 is 0 Å². The molecule has 21 heavy (non-hydrogen) atoms. The van der Waals surface area contributed by atoms with Gasteiger partial charge in [-0.15, -0.1) is 0 Å². The minimum atomic E-state index is -0.169. The summed E-state index contributed by atoms with van der Waals surface area (Å²) in [5.41, 5.74) is 0.0140. The Morgan fingerprint density at radius 1 is 1.19 bits per heavy atom. The Kier molecular flexibility index (Phi) is 3.10. The van der Waals surface area contributed by atoms with Crippen LogP contribution in [-0.2, 0) is 0 Å². The molecule has 5 rings (SSSR count). The van der Waals surface area contributed by atoms with Crippen LogP contribution in [0.3, 0.4) is 0 Å². The van der Waals surface area contributed by atoms with Gasteiger partial charge in [0.05, 0.1) is 5.02 Å². The molecule has 0 aromatic carbocycles. The van der Waals surface area contributed by atoms with E-state index in [2.05, 4.69) is 15.6 Å². The molecule has 5 heteroatoms. The van der Waals surface area contributed by atoms with Gasteiger partial charge in [0.2, 0.25) is 0 Å². The van der Waals surface area contributed by atoms with Gasteiger partial charge in [-0.1, -0.05) is 11.6 Å². The van der Waals surface area contributed by atoms with Gasteiger partial charge >= 0.3 is 6.03 Å². The van der Waals surface area contributed by atoms with Crippen LogP contribution in [0.25, 0.3) is 0 Å². The fraction of sp³-hybridized carbons (Fsp3) is 0.625. The van der Waals surface area contributed by atoms with Crippen LogP contribution >= 0.6 is 11.6 Å². The second-order valence-corrected chi connectivity index (χ2v) is 7.52. The molecule has 4 nitrogen and oxygen atoms in total. The van der Waals surface area contributed by atoms with E-state index >= 15 is 0 Å². The van der Waals surface area contributed by atoms with E-state index in [1.165, 1.54) is 19.3 Å². The van der Waals surface area contributed by atoms with E-state index in [1.54, 1.807) is 18.3 Å². The molecule has 0 spiro atoms. The molecule has 0 atom stereocenters. The van der Waals surface area contributed by atoms with Crippen molar-refractivity contribution >= 4 is 23.4 Å². The molecule has 0 saturated heterocycles. The Labute approximate surface area is 129 Å². The van der Waals surface area contributed by atoms with E-state index in [0.717, 1.165) is 37.0 Å². The summed E-state index contributed by atoms with van der Waals surface area (Å²) >= 11 is 6.04. The zero-order valence-corrected chi connectivity index (χ0v) is 12.7. The molecule has 1 heterocycles. The number of carbonyl (C=O) groups excluding carboxylic acids is 1. The minimum Gasteiger partial charge on any atom is -0.332 e. The van der Waals surface area contributed by atoms with Crippen LogP contribution in [0.15, 0.2) is 18.3 Å². The van der Waals surface area contributed by atoms with Gasteiger partial charge in [0.15, 0.2) is 5.82 Å². The average molecular weight is 306 g/mol. The molecule has 4 aliphatic carbocycles. The third-order valence-corrected chi connectivity index (χ3v) is 5.71. The van der Waals surface area contributed by atoms with Crippen molar-refractivity contribution in [1.29, 1.82) is 0 Å². The van der Waals surface area contributed by atoms with Crippen molar-refractivity contribution in [3.8, 4) is 0 Å². The summed E-state index contributed by atoms with van der Waals surface area (Å²) in [4.78, 5) is 16.4. The lowest BCUT2D eigenvalue weighted by Gasteiger charge is -2.56. The lowest BCUT2D eigenvalue weighted by Crippen LogP contribution is -2.60. The molecule has 4 saturated carbocycles. The summed E-state index contributed by atoms with van der Waals surface area (Å²) in [6.07, 6.45) is 9.16. The highest BCUT2D eigenvalue weighted by Gasteiger charge is 2.51. The molecule has 0 unspecified atom stereocenters. The number of anilines is 1. The molecule has 0 radical (unpaired) electrons. The number of hydrogen-bond donors (Lipinski definition) is 2. The SMILES string of the molecule is O=C(Nc1ncccc1Cl)NC12CC3CC(CC(C3)C1)C2. The van der Waals surface area contributed by atoms with Crippen LogP contribution in [-0.4, -0.2) is 16.6 Å². The second kappa shape index (κ2) is 4.87. The number of rotatable bonds is 2. The summed E-state index contributed by atoms with van der Waals surface area (Å²) in [6, 6.07) is 3.32. The van der Waals surface area contributed by atoms with Gasteiger partial charge in [0.1, 0.15) is 0 Å². The van der Waals surface area contributed by atoms with Gasteiger partial charge in [0, 0.05) is 11.7 Å². The fourth-order valence-electron chi connectivity index (χ4n) is 5.12. The molecule has 1 aromatic heterocycles. The number of pyridine rings is 1. The quantitative estimate of drug-likeness (QED) is 0.872. The normalized spacial score (nSPS) is 36.5. The molecule has 4 aliphatic rings. The van der Waals surface area contributed by atoms with Gasteiger partial charge in [-0.25, -0.2) is 9.78 Å². The van der Waals surface area contributed by atoms with Crippen molar-refractivity contribution in [2.75, 3.05) is 5.32 Å². The highest BCUT2D eigenvalue weighted by Crippen LogP contribution is 2.55. The number of hydrogen-bond acceptors (Lipinski definition) is 2. The molecule has 112 valence electrons. The van der Waals surface area contributed by atoms with Crippen LogP contribution in [0, 0.1) is 17.8 Å². The van der Waals surface area contributed by atoms with Crippen molar-refractivity contribution < 1.29 is 4.79 Å². The highest BCUT2D eigenvalue weighted by atomic mass is 35.5. The van der Waals surface area contributed by atoms with Crippen molar-refractivity contribution in [2.45, 2.75) is 44.1 Å². The Morgan fingerprint density at radius 2 is 1.81 bits per heavy atom. The molecule has 0 aliphatic heterocycles. The van der Waals surface area contributed by atoms with Crippen LogP contribution in [0.1, 0.15) is 38.5 Å². The Bertz CT molecular complexity index is 539. The number of carbonyl (C=O) groups is 1. The minimum absolute atomic E-state index is 0.0140. The Balaban J connectivity index is 1.46. The molecule has 4 fully saturated rings. The summed E-state index contributed by atoms with van der Waals surface area (Å²) in [7, 11) is 0. The Morgan fingerprint density at radius 3 is 2.38 bits per heavy atom. The van der Waals surface area contributed by atoms with Gasteiger partial charge in [-0.3, -0.25) is 5.32 Å². The number of amides is 2. The molecule has 1 aromatic rings. The van der Waals surface area contributed by atoms with Crippen LogP contribution < -0.4 is 10.6 Å². The standard InChI is InChI=1S/C16H20ClN3O/c17-13-2-1-3-18-14(13)19-15(21)20-16-7-10-4-11(8-16)6-12(5-10)9-16/h1-3,10-12H,4-9H2,(H2,18,19,20,21). The van der Waals surface area contributed by atoms with Crippen molar-refractivity contribution in [2.24, 2.45) is 17.8 Å². The summed E-state index contributed by atoms with van der Waals surface area (Å²) in [5.74, 6) is 2.88. The van der Waals surface area contributed by atoms with E-state index in [9.17, 15) is 4.79 Å². The smallest absolute Gasteiger partial charge is 0.320 e. The fourth-order valence-corrected chi connectivity index (χ4v) is 5.29. The second-order valence-electron chi connectivity index (χ2n) is 7.11. The maximum absolute atomic E-state index is 12.3. The van der Waals surface area contributed by atoms with Crippen molar-refractivity contribution in [1.82, 2.24) is 10.3 Å². The van der Waals surface area contributed by atoms with Crippen LogP contribution in [0.4, 0.5) is 10.6 Å². The summed E-state index contributed by atoms with van der Waals surface area (Å²) in [5, 5.41) is 6.51. The Hall–Kier alpha value is -1.29. The zero-order valence-electron chi connectivity index (χ0n) is 11.9. The van der Waals surface area contributed by atoms with E-state index in [4.69, 9.17) is 11.6 Å². The predicted octanol–water partition coefficient (Wildman–Crippen LogP) is 3.83. The van der Waals surface area contributed by atoms with Crippen LogP contribution in [0.2, 0.25) is 5.02 Å². The van der Waals surface area contributed by atoms with Gasteiger partial charge < -0.3 is 5.32 Å². The molecular formula is C16H20ClN3O. The van der Waals surface area contributed by atoms with Gasteiger partial charge in [0.25, 0.3) is 0 Å². The van der Waals surface area contributed by atoms with Gasteiger partial charge in [-0.2, -0.15) is 0 Å². The lowest BCUT2D eigenvalue weighted by molar-refractivity contribution is -0.0127. The monoisotopic (exact) mass is 305 g/mol. The summed E-state index contributed by atoms with van der Waals surface area (Å²) < 4.78 is 0. The maximum atomic E-state index is 12.3. The first-order valence-corrected chi connectivity index (χ1v) is 8.19. The van der Waals surface area contributed by atoms with Crippen molar-refractivity contribution in [3.05, 3.63) is 23.4 Å². The lowest BCUT2D eigenvalue weighted by atomic mass is 9.53. The van der Waals surface area contributed by atoms with Crippen molar-refractivity contribution in [3.63, 3.8) is 0 Å². The predicted molar refractivity (Wildman–Crippen MR) is 82.3 cm³/mol. The topological polar surface area (TPSA) is 54.0 Å². The van der Waals surface area contributed by atoms with E-state index in [1.807, 2.05) is 0 Å². The largest absolute Gasteiger partial charge is 0.332 e. The third-order valence-electron chi connectivity index (χ3n) is 5.41. The third kappa shape index (κ3) is 2.50. The number of nitrogens with one attached hydrogen (secondary N) is 2.